The highest BCUT2D eigenvalue weighted by atomic mass is 28.4. The molecule has 0 unspecified atom stereocenters. The molecule has 0 radical (unpaired) electrons. The molecule has 0 aromatic rings. The minimum Gasteiger partial charge on any atom is -0.394 e. The second-order valence-corrected chi connectivity index (χ2v) is 15.2. The topological polar surface area (TPSA) is 36.9 Å². The molecule has 0 aliphatic heterocycles. The van der Waals surface area contributed by atoms with E-state index < -0.39 is 17.1 Å². The van der Waals surface area contributed by atoms with Crippen LogP contribution in [-0.2, 0) is 17.7 Å². The van der Waals surface area contributed by atoms with Gasteiger partial charge in [-0.25, -0.2) is 0 Å². The van der Waals surface area contributed by atoms with Crippen LogP contribution in [0.5, 0.6) is 0 Å². The Balaban J connectivity index is 5.15. The molecule has 0 rings (SSSR count). The summed E-state index contributed by atoms with van der Waals surface area (Å²) in [5.41, 5.74) is 0.801. The average Bonchev–Trinajstić information content (AvgIpc) is 2.31. The quantitative estimate of drug-likeness (QED) is 0.463. The first kappa shape index (κ1) is 23.3. The van der Waals surface area contributed by atoms with E-state index in [1.807, 2.05) is 0 Å². The molecular weight excluding hydrogens is 324 g/mol. The molecule has 0 saturated heterocycles. The van der Waals surface area contributed by atoms with Crippen LogP contribution >= 0.6 is 0 Å². The van der Waals surface area contributed by atoms with Crippen LogP contribution in [0.25, 0.3) is 0 Å². The zero-order valence-electron chi connectivity index (χ0n) is 17.1. The minimum atomic E-state index is -2.34. The van der Waals surface area contributed by atoms with Crippen molar-refractivity contribution < 1.29 is 17.7 Å². The van der Waals surface area contributed by atoms with Crippen LogP contribution in [0.1, 0.15) is 55.4 Å². The molecular formula is C17H40O4Si2. The summed E-state index contributed by atoms with van der Waals surface area (Å²) in [7, 11) is -4.68. The minimum absolute atomic E-state index is 0.152. The SMILES string of the molecule is CC(C)CO[Si](C)(C[Si](C)(OC(C)C)OC(C)C)OCC(C)C. The molecule has 0 N–H and O–H groups in total. The van der Waals surface area contributed by atoms with Crippen LogP contribution < -0.4 is 0 Å². The molecule has 0 fully saturated rings. The molecule has 0 heterocycles. The summed E-state index contributed by atoms with van der Waals surface area (Å²) in [4.78, 5) is 0. The lowest BCUT2D eigenvalue weighted by Crippen LogP contribution is -2.54. The van der Waals surface area contributed by atoms with Crippen molar-refractivity contribution >= 4 is 17.1 Å². The monoisotopic (exact) mass is 364 g/mol. The molecule has 0 aromatic heterocycles. The van der Waals surface area contributed by atoms with Crippen LogP contribution in [0.3, 0.4) is 0 Å². The predicted molar refractivity (Wildman–Crippen MR) is 102 cm³/mol. The molecule has 0 aliphatic carbocycles. The molecule has 4 nitrogen and oxygen atoms in total. The molecule has 140 valence electrons. The lowest BCUT2D eigenvalue weighted by atomic mass is 10.2. The molecule has 0 saturated carbocycles. The highest BCUT2D eigenvalue weighted by molar-refractivity contribution is 6.85. The van der Waals surface area contributed by atoms with E-state index in [0.717, 1.165) is 18.9 Å². The lowest BCUT2D eigenvalue weighted by molar-refractivity contribution is 0.103. The van der Waals surface area contributed by atoms with Crippen LogP contribution in [0.15, 0.2) is 0 Å². The first-order valence-electron chi connectivity index (χ1n) is 9.01. The third kappa shape index (κ3) is 11.5. The van der Waals surface area contributed by atoms with Gasteiger partial charge in [0.15, 0.2) is 0 Å². The molecule has 0 amide bonds. The van der Waals surface area contributed by atoms with E-state index in [2.05, 4.69) is 68.5 Å². The van der Waals surface area contributed by atoms with E-state index in [9.17, 15) is 0 Å². The van der Waals surface area contributed by atoms with Gasteiger partial charge in [0.25, 0.3) is 0 Å². The maximum atomic E-state index is 6.29. The van der Waals surface area contributed by atoms with Gasteiger partial charge in [0, 0.05) is 31.1 Å². The largest absolute Gasteiger partial charge is 0.394 e. The van der Waals surface area contributed by atoms with Gasteiger partial charge in [0.05, 0.1) is 0 Å². The zero-order chi connectivity index (χ0) is 18.3. The van der Waals surface area contributed by atoms with Crippen LogP contribution in [-0.4, -0.2) is 42.5 Å². The van der Waals surface area contributed by atoms with E-state index in [4.69, 9.17) is 17.7 Å². The molecule has 0 atom stereocenters. The van der Waals surface area contributed by atoms with E-state index in [-0.39, 0.29) is 12.2 Å². The Morgan fingerprint density at radius 1 is 0.609 bits per heavy atom. The fourth-order valence-electron chi connectivity index (χ4n) is 2.52. The zero-order valence-corrected chi connectivity index (χ0v) is 19.1. The predicted octanol–water partition coefficient (Wildman–Crippen LogP) is 4.86. The van der Waals surface area contributed by atoms with Crippen molar-refractivity contribution in [2.24, 2.45) is 11.8 Å². The standard InChI is InChI=1S/C17H40O4Si2/c1-14(2)11-18-22(9,19-12-15(3)4)13-23(10,20-16(5)6)21-17(7)8/h14-17H,11-13H2,1-10H3. The summed E-state index contributed by atoms with van der Waals surface area (Å²) in [5, 5.41) is 0. The summed E-state index contributed by atoms with van der Waals surface area (Å²) in [6, 6.07) is 0. The Morgan fingerprint density at radius 2 is 0.957 bits per heavy atom. The number of hydrogen-bond donors (Lipinski definition) is 0. The van der Waals surface area contributed by atoms with Crippen LogP contribution in [0, 0.1) is 11.8 Å². The van der Waals surface area contributed by atoms with E-state index in [1.54, 1.807) is 0 Å². The van der Waals surface area contributed by atoms with E-state index in [1.165, 1.54) is 0 Å². The Kier molecular flexibility index (Phi) is 10.4. The van der Waals surface area contributed by atoms with Crippen molar-refractivity contribution in [2.75, 3.05) is 13.2 Å². The van der Waals surface area contributed by atoms with Gasteiger partial charge in [-0.15, -0.1) is 0 Å². The fourth-order valence-corrected chi connectivity index (χ4v) is 12.2. The summed E-state index contributed by atoms with van der Waals surface area (Å²) in [6.07, 6.45) is 0.303. The Hall–Kier alpha value is 0.274. The maximum absolute atomic E-state index is 6.29. The average molecular weight is 365 g/mol. The summed E-state index contributed by atoms with van der Waals surface area (Å²) >= 11 is 0. The first-order valence-corrected chi connectivity index (χ1v) is 14.1. The van der Waals surface area contributed by atoms with E-state index >= 15 is 0 Å². The maximum Gasteiger partial charge on any atom is 0.337 e. The Bertz CT molecular complexity index is 298. The van der Waals surface area contributed by atoms with E-state index in [0.29, 0.717) is 11.8 Å². The molecule has 0 aliphatic rings. The van der Waals surface area contributed by atoms with Gasteiger partial charge in [-0.2, -0.15) is 0 Å². The van der Waals surface area contributed by atoms with Gasteiger partial charge < -0.3 is 17.7 Å². The van der Waals surface area contributed by atoms with Crippen molar-refractivity contribution in [3.63, 3.8) is 0 Å². The second-order valence-electron chi connectivity index (χ2n) is 8.19. The number of rotatable bonds is 12. The molecule has 23 heavy (non-hydrogen) atoms. The second kappa shape index (κ2) is 10.3. The van der Waals surface area contributed by atoms with Crippen molar-refractivity contribution in [3.05, 3.63) is 0 Å². The molecule has 0 aromatic carbocycles. The third-order valence-corrected chi connectivity index (χ3v) is 11.7. The van der Waals surface area contributed by atoms with Gasteiger partial charge in [-0.3, -0.25) is 0 Å². The summed E-state index contributed by atoms with van der Waals surface area (Å²) in [6.45, 7) is 22.7. The van der Waals surface area contributed by atoms with Gasteiger partial charge in [0.1, 0.15) is 0 Å². The van der Waals surface area contributed by atoms with Gasteiger partial charge in [-0.1, -0.05) is 27.7 Å². The smallest absolute Gasteiger partial charge is 0.337 e. The molecule has 6 heteroatoms. The summed E-state index contributed by atoms with van der Waals surface area (Å²) in [5.74, 6) is 0.990. The van der Waals surface area contributed by atoms with Crippen LogP contribution in [0.2, 0.25) is 18.8 Å². The van der Waals surface area contributed by atoms with Gasteiger partial charge >= 0.3 is 17.1 Å². The highest BCUT2D eigenvalue weighted by Gasteiger charge is 2.46. The van der Waals surface area contributed by atoms with Crippen molar-refractivity contribution in [2.45, 2.75) is 86.4 Å². The van der Waals surface area contributed by atoms with Crippen molar-refractivity contribution in [3.8, 4) is 0 Å². The molecule has 0 bridgehead atoms. The Labute approximate surface area is 146 Å². The van der Waals surface area contributed by atoms with Crippen LogP contribution in [0.4, 0.5) is 0 Å². The van der Waals surface area contributed by atoms with Crippen molar-refractivity contribution in [1.29, 1.82) is 0 Å². The van der Waals surface area contributed by atoms with Crippen molar-refractivity contribution in [1.82, 2.24) is 0 Å². The van der Waals surface area contributed by atoms with Gasteiger partial charge in [-0.05, 0) is 52.6 Å². The Morgan fingerprint density at radius 3 is 1.22 bits per heavy atom. The lowest BCUT2D eigenvalue weighted by Gasteiger charge is -2.37. The molecule has 0 spiro atoms. The fraction of sp³-hybridized carbons (Fsp3) is 1.00. The van der Waals surface area contributed by atoms with Gasteiger partial charge in [0.2, 0.25) is 0 Å². The first-order chi connectivity index (χ1) is 10.4. The highest BCUT2D eigenvalue weighted by Crippen LogP contribution is 2.27. The number of hydrogen-bond acceptors (Lipinski definition) is 4. The summed E-state index contributed by atoms with van der Waals surface area (Å²) < 4.78 is 25.1. The normalized spacial score (nSPS) is 13.8. The third-order valence-electron chi connectivity index (χ3n) is 3.06.